The van der Waals surface area contributed by atoms with E-state index in [2.05, 4.69) is 20.1 Å². The molecule has 0 saturated heterocycles. The number of nitrogens with zero attached hydrogens (tertiary/aromatic N) is 3. The summed E-state index contributed by atoms with van der Waals surface area (Å²) in [5.74, 6) is 2.79. The van der Waals surface area contributed by atoms with E-state index in [0.29, 0.717) is 11.5 Å². The van der Waals surface area contributed by atoms with Crippen molar-refractivity contribution in [2.45, 2.75) is 39.2 Å². The molecule has 0 bridgehead atoms. The Balaban J connectivity index is 1.49. The van der Waals surface area contributed by atoms with E-state index in [1.807, 2.05) is 37.3 Å². The first-order valence-corrected chi connectivity index (χ1v) is 10.2. The maximum atomic E-state index is 12.5. The van der Waals surface area contributed by atoms with Crippen molar-refractivity contribution in [1.82, 2.24) is 14.8 Å². The number of hydrogen-bond acceptors (Lipinski definition) is 5. The zero-order valence-corrected chi connectivity index (χ0v) is 17.4. The van der Waals surface area contributed by atoms with Crippen molar-refractivity contribution in [3.8, 4) is 22.9 Å². The van der Waals surface area contributed by atoms with E-state index in [9.17, 15) is 4.79 Å². The van der Waals surface area contributed by atoms with Gasteiger partial charge in [-0.05, 0) is 43.5 Å². The molecule has 1 N–H and O–H groups in total. The molecule has 156 valence electrons. The molecule has 0 unspecified atom stereocenters. The SMILES string of the molecule is COc1ccccc1OCC(=O)Nc1cc(-c2nnc3n2CCCCC3)ccc1C. The average molecular weight is 406 g/mol. The minimum Gasteiger partial charge on any atom is -0.493 e. The number of fused-ring (bicyclic) bond motifs is 1. The van der Waals surface area contributed by atoms with Crippen LogP contribution in [0, 0.1) is 6.92 Å². The molecule has 1 amide bonds. The van der Waals surface area contributed by atoms with Gasteiger partial charge in [0.2, 0.25) is 0 Å². The van der Waals surface area contributed by atoms with Gasteiger partial charge in [-0.3, -0.25) is 4.79 Å². The van der Waals surface area contributed by atoms with Crippen molar-refractivity contribution >= 4 is 11.6 Å². The summed E-state index contributed by atoms with van der Waals surface area (Å²) < 4.78 is 13.1. The maximum absolute atomic E-state index is 12.5. The summed E-state index contributed by atoms with van der Waals surface area (Å²) in [6.45, 7) is 2.79. The second-order valence-corrected chi connectivity index (χ2v) is 7.42. The molecule has 30 heavy (non-hydrogen) atoms. The molecule has 1 aliphatic rings. The lowest BCUT2D eigenvalue weighted by atomic mass is 10.1. The van der Waals surface area contributed by atoms with Gasteiger partial charge in [0.05, 0.1) is 7.11 Å². The Kier molecular flexibility index (Phi) is 5.97. The number of anilines is 1. The van der Waals surface area contributed by atoms with Gasteiger partial charge in [-0.25, -0.2) is 0 Å². The highest BCUT2D eigenvalue weighted by Crippen LogP contribution is 2.28. The van der Waals surface area contributed by atoms with Crippen molar-refractivity contribution in [2.24, 2.45) is 0 Å². The second kappa shape index (κ2) is 8.98. The highest BCUT2D eigenvalue weighted by molar-refractivity contribution is 5.93. The first-order chi connectivity index (χ1) is 14.7. The molecule has 0 atom stereocenters. The van der Waals surface area contributed by atoms with Gasteiger partial charge in [-0.1, -0.05) is 30.7 Å². The maximum Gasteiger partial charge on any atom is 0.262 e. The number of amides is 1. The summed E-state index contributed by atoms with van der Waals surface area (Å²) in [5.41, 5.74) is 2.66. The summed E-state index contributed by atoms with van der Waals surface area (Å²) in [6.07, 6.45) is 4.46. The van der Waals surface area contributed by atoms with Gasteiger partial charge >= 0.3 is 0 Å². The van der Waals surface area contributed by atoms with Crippen LogP contribution in [0.5, 0.6) is 11.5 Å². The third-order valence-corrected chi connectivity index (χ3v) is 5.31. The number of ether oxygens (including phenoxy) is 2. The molecule has 1 aliphatic heterocycles. The van der Waals surface area contributed by atoms with Crippen molar-refractivity contribution < 1.29 is 14.3 Å². The van der Waals surface area contributed by atoms with Crippen LogP contribution in [-0.4, -0.2) is 34.4 Å². The predicted molar refractivity (Wildman–Crippen MR) is 115 cm³/mol. The van der Waals surface area contributed by atoms with Crippen LogP contribution in [0.15, 0.2) is 42.5 Å². The zero-order chi connectivity index (χ0) is 20.9. The fourth-order valence-electron chi connectivity index (χ4n) is 3.66. The highest BCUT2D eigenvalue weighted by atomic mass is 16.5. The van der Waals surface area contributed by atoms with Crippen LogP contribution in [0.2, 0.25) is 0 Å². The van der Waals surface area contributed by atoms with Crippen LogP contribution in [0.4, 0.5) is 5.69 Å². The summed E-state index contributed by atoms with van der Waals surface area (Å²) >= 11 is 0. The van der Waals surface area contributed by atoms with Gasteiger partial charge < -0.3 is 19.4 Å². The Morgan fingerprint density at radius 1 is 1.10 bits per heavy atom. The fraction of sp³-hybridized carbons (Fsp3) is 0.348. The smallest absolute Gasteiger partial charge is 0.262 e. The van der Waals surface area contributed by atoms with Crippen molar-refractivity contribution in [2.75, 3.05) is 19.0 Å². The molecule has 4 rings (SSSR count). The Labute approximate surface area is 176 Å². The zero-order valence-electron chi connectivity index (χ0n) is 17.4. The minimum absolute atomic E-state index is 0.107. The van der Waals surface area contributed by atoms with Crippen molar-refractivity contribution in [3.63, 3.8) is 0 Å². The third-order valence-electron chi connectivity index (χ3n) is 5.31. The van der Waals surface area contributed by atoms with E-state index in [4.69, 9.17) is 9.47 Å². The lowest BCUT2D eigenvalue weighted by molar-refractivity contribution is -0.118. The molecule has 7 nitrogen and oxygen atoms in total. The Morgan fingerprint density at radius 3 is 2.77 bits per heavy atom. The molecule has 0 saturated carbocycles. The van der Waals surface area contributed by atoms with E-state index in [0.717, 1.165) is 54.3 Å². The Bertz CT molecular complexity index is 1040. The number of aromatic nitrogens is 3. The molecule has 7 heteroatoms. The molecule has 0 aliphatic carbocycles. The molecule has 1 aromatic heterocycles. The summed E-state index contributed by atoms with van der Waals surface area (Å²) in [5, 5.41) is 11.7. The Morgan fingerprint density at radius 2 is 1.93 bits per heavy atom. The number of carbonyl (C=O) groups excluding carboxylic acids is 1. The van der Waals surface area contributed by atoms with Crippen molar-refractivity contribution in [3.05, 3.63) is 53.9 Å². The molecule has 2 aromatic carbocycles. The van der Waals surface area contributed by atoms with Gasteiger partial charge in [0.1, 0.15) is 5.82 Å². The summed E-state index contributed by atoms with van der Waals surface area (Å²) in [4.78, 5) is 12.5. The van der Waals surface area contributed by atoms with Crippen LogP contribution in [0.3, 0.4) is 0 Å². The predicted octanol–water partition coefficient (Wildman–Crippen LogP) is 4.01. The number of carbonyl (C=O) groups is 1. The number of nitrogens with one attached hydrogen (secondary N) is 1. The first kappa shape index (κ1) is 19.9. The number of methoxy groups -OCH3 is 1. The summed E-state index contributed by atoms with van der Waals surface area (Å²) in [7, 11) is 1.57. The number of hydrogen-bond donors (Lipinski definition) is 1. The van der Waals surface area contributed by atoms with E-state index in [1.165, 1.54) is 6.42 Å². The number of rotatable bonds is 6. The van der Waals surface area contributed by atoms with E-state index < -0.39 is 0 Å². The normalized spacial score (nSPS) is 13.3. The number of benzene rings is 2. The van der Waals surface area contributed by atoms with Crippen LogP contribution >= 0.6 is 0 Å². The van der Waals surface area contributed by atoms with Gasteiger partial charge in [-0.15, -0.1) is 10.2 Å². The van der Waals surface area contributed by atoms with Gasteiger partial charge in [0.15, 0.2) is 23.9 Å². The van der Waals surface area contributed by atoms with Gasteiger partial charge in [0.25, 0.3) is 5.91 Å². The lowest BCUT2D eigenvalue weighted by Gasteiger charge is -2.13. The monoisotopic (exact) mass is 406 g/mol. The molecule has 3 aromatic rings. The standard InChI is InChI=1S/C23H26N4O3/c1-16-11-12-17(23-26-25-21-10-4-3-7-13-27(21)23)14-18(16)24-22(28)15-30-20-9-6-5-8-19(20)29-2/h5-6,8-9,11-12,14H,3-4,7,10,13,15H2,1-2H3,(H,24,28). The Hall–Kier alpha value is -3.35. The molecule has 0 radical (unpaired) electrons. The largest absolute Gasteiger partial charge is 0.493 e. The van der Waals surface area contributed by atoms with E-state index in [-0.39, 0.29) is 12.5 Å². The first-order valence-electron chi connectivity index (χ1n) is 10.2. The van der Waals surface area contributed by atoms with Crippen LogP contribution in [0.25, 0.3) is 11.4 Å². The molecular weight excluding hydrogens is 380 g/mol. The molecular formula is C23H26N4O3. The molecule has 2 heterocycles. The van der Waals surface area contributed by atoms with Gasteiger partial charge in [0, 0.05) is 24.2 Å². The van der Waals surface area contributed by atoms with Crippen LogP contribution < -0.4 is 14.8 Å². The topological polar surface area (TPSA) is 78.3 Å². The third kappa shape index (κ3) is 4.30. The van der Waals surface area contributed by atoms with E-state index in [1.54, 1.807) is 19.2 Å². The quantitative estimate of drug-likeness (QED) is 0.669. The average Bonchev–Trinajstić information content (AvgIpc) is 3.02. The lowest BCUT2D eigenvalue weighted by Crippen LogP contribution is -2.21. The molecule has 0 fully saturated rings. The van der Waals surface area contributed by atoms with Crippen molar-refractivity contribution in [1.29, 1.82) is 0 Å². The number of aryl methyl sites for hydroxylation is 2. The van der Waals surface area contributed by atoms with Crippen LogP contribution in [0.1, 0.15) is 30.7 Å². The second-order valence-electron chi connectivity index (χ2n) is 7.42. The van der Waals surface area contributed by atoms with Gasteiger partial charge in [-0.2, -0.15) is 0 Å². The summed E-state index contributed by atoms with van der Waals surface area (Å²) in [6, 6.07) is 13.2. The highest BCUT2D eigenvalue weighted by Gasteiger charge is 2.17. The number of para-hydroxylation sites is 2. The fourth-order valence-corrected chi connectivity index (χ4v) is 3.66. The molecule has 0 spiro atoms. The minimum atomic E-state index is -0.235. The van der Waals surface area contributed by atoms with Crippen LogP contribution in [-0.2, 0) is 17.8 Å². The van der Waals surface area contributed by atoms with E-state index >= 15 is 0 Å².